The molecule has 0 aliphatic carbocycles. The summed E-state index contributed by atoms with van der Waals surface area (Å²) in [5.74, 6) is -0.419. The number of nitrogens with one attached hydrogen (secondary N) is 1. The van der Waals surface area contributed by atoms with Crippen molar-refractivity contribution in [3.63, 3.8) is 0 Å². The number of rotatable bonds is 8. The van der Waals surface area contributed by atoms with Crippen molar-refractivity contribution in [3.8, 4) is 5.75 Å². The maximum absolute atomic E-state index is 12.7. The van der Waals surface area contributed by atoms with Crippen LogP contribution in [-0.4, -0.2) is 36.4 Å². The number of benzene rings is 2. The van der Waals surface area contributed by atoms with E-state index in [2.05, 4.69) is 5.32 Å². The molecule has 0 aliphatic rings. The van der Waals surface area contributed by atoms with Gasteiger partial charge in [-0.3, -0.25) is 9.59 Å². The Bertz CT molecular complexity index is 1200. The molecule has 0 aliphatic heterocycles. The minimum Gasteiger partial charge on any atom is -0.482 e. The first kappa shape index (κ1) is 23.3. The third-order valence-corrected chi connectivity index (χ3v) is 5.25. The van der Waals surface area contributed by atoms with E-state index in [1.54, 1.807) is 13.0 Å². The number of hydrogen-bond donors (Lipinski definition) is 1. The maximum atomic E-state index is 12.7. The second kappa shape index (κ2) is 10.3. The fourth-order valence-corrected chi connectivity index (χ4v) is 3.52. The van der Waals surface area contributed by atoms with E-state index in [0.717, 1.165) is 11.1 Å². The van der Waals surface area contributed by atoms with Crippen molar-refractivity contribution in [3.05, 3.63) is 69.0 Å². The third kappa shape index (κ3) is 5.68. The van der Waals surface area contributed by atoms with Gasteiger partial charge in [-0.15, -0.1) is 0 Å². The van der Waals surface area contributed by atoms with Crippen LogP contribution < -0.4 is 15.7 Å². The third-order valence-electron chi connectivity index (χ3n) is 4.95. The molecule has 8 heteroatoms. The van der Waals surface area contributed by atoms with Crippen LogP contribution in [0.5, 0.6) is 5.75 Å². The zero-order chi connectivity index (χ0) is 23.3. The highest BCUT2D eigenvalue weighted by atomic mass is 35.5. The molecule has 0 bridgehead atoms. The van der Waals surface area contributed by atoms with Crippen LogP contribution in [0.4, 0.5) is 5.69 Å². The average molecular weight is 457 g/mol. The van der Waals surface area contributed by atoms with Crippen LogP contribution in [-0.2, 0) is 9.59 Å². The van der Waals surface area contributed by atoms with Gasteiger partial charge in [0.15, 0.2) is 6.61 Å². The lowest BCUT2D eigenvalue weighted by Gasteiger charge is -2.22. The van der Waals surface area contributed by atoms with Gasteiger partial charge in [0.25, 0.3) is 5.91 Å². The minimum atomic E-state index is -0.479. The maximum Gasteiger partial charge on any atom is 0.336 e. The molecule has 3 aromatic rings. The van der Waals surface area contributed by atoms with E-state index in [1.165, 1.54) is 17.0 Å². The quantitative estimate of drug-likeness (QED) is 0.510. The van der Waals surface area contributed by atoms with Crippen molar-refractivity contribution in [2.24, 2.45) is 0 Å². The fourth-order valence-electron chi connectivity index (χ4n) is 3.30. The van der Waals surface area contributed by atoms with E-state index in [0.29, 0.717) is 34.6 Å². The Morgan fingerprint density at radius 2 is 1.88 bits per heavy atom. The Balaban J connectivity index is 1.68. The topological polar surface area (TPSA) is 88.8 Å². The van der Waals surface area contributed by atoms with Crippen LogP contribution in [0.25, 0.3) is 11.0 Å². The predicted molar refractivity (Wildman–Crippen MR) is 124 cm³/mol. The Hall–Kier alpha value is -3.32. The molecule has 168 valence electrons. The van der Waals surface area contributed by atoms with Gasteiger partial charge in [0, 0.05) is 29.8 Å². The molecular formula is C24H25ClN2O5. The van der Waals surface area contributed by atoms with Crippen LogP contribution in [0.3, 0.4) is 0 Å². The number of hydrogen-bond acceptors (Lipinski definition) is 5. The summed E-state index contributed by atoms with van der Waals surface area (Å²) in [5, 5.41) is 3.81. The summed E-state index contributed by atoms with van der Waals surface area (Å²) in [6.45, 7) is 5.61. The van der Waals surface area contributed by atoms with Crippen molar-refractivity contribution >= 4 is 40.1 Å². The number of para-hydroxylation sites is 1. The molecule has 0 spiro atoms. The largest absolute Gasteiger partial charge is 0.482 e. The lowest BCUT2D eigenvalue weighted by Crippen LogP contribution is -2.41. The molecule has 7 nitrogen and oxygen atoms in total. The van der Waals surface area contributed by atoms with Gasteiger partial charge < -0.3 is 19.4 Å². The average Bonchev–Trinajstić information content (AvgIpc) is 2.74. The van der Waals surface area contributed by atoms with Gasteiger partial charge in [0.05, 0.1) is 11.6 Å². The highest BCUT2D eigenvalue weighted by Crippen LogP contribution is 2.31. The van der Waals surface area contributed by atoms with Gasteiger partial charge in [0.1, 0.15) is 11.3 Å². The molecule has 32 heavy (non-hydrogen) atoms. The summed E-state index contributed by atoms with van der Waals surface area (Å²) < 4.78 is 10.8. The van der Waals surface area contributed by atoms with E-state index < -0.39 is 5.63 Å². The smallest absolute Gasteiger partial charge is 0.336 e. The molecule has 3 rings (SSSR count). The van der Waals surface area contributed by atoms with E-state index in [9.17, 15) is 14.4 Å². The second-order valence-electron chi connectivity index (χ2n) is 7.49. The SMILES string of the molecule is CCCN(CC(=O)Nc1ccccc1C)C(=O)COc1cc2oc(=O)cc(C)c2cc1Cl. The summed E-state index contributed by atoms with van der Waals surface area (Å²) in [5.41, 5.74) is 2.22. The normalized spacial score (nSPS) is 10.8. The molecule has 1 aromatic heterocycles. The molecule has 0 radical (unpaired) electrons. The molecule has 0 unspecified atom stereocenters. The summed E-state index contributed by atoms with van der Waals surface area (Å²) in [6.07, 6.45) is 0.685. The number of halogens is 1. The van der Waals surface area contributed by atoms with Gasteiger partial charge >= 0.3 is 5.63 Å². The number of carbonyl (C=O) groups excluding carboxylic acids is 2. The summed E-state index contributed by atoms with van der Waals surface area (Å²) in [7, 11) is 0. The second-order valence-corrected chi connectivity index (χ2v) is 7.90. The van der Waals surface area contributed by atoms with Crippen LogP contribution in [0.2, 0.25) is 5.02 Å². The van der Waals surface area contributed by atoms with Gasteiger partial charge in [-0.1, -0.05) is 36.7 Å². The van der Waals surface area contributed by atoms with Gasteiger partial charge in [-0.2, -0.15) is 0 Å². The first-order chi connectivity index (χ1) is 15.3. The number of fused-ring (bicyclic) bond motifs is 1. The number of carbonyl (C=O) groups is 2. The lowest BCUT2D eigenvalue weighted by atomic mass is 10.1. The van der Waals surface area contributed by atoms with Crippen LogP contribution in [0, 0.1) is 13.8 Å². The van der Waals surface area contributed by atoms with Gasteiger partial charge in [-0.05, 0) is 43.5 Å². The predicted octanol–water partition coefficient (Wildman–Crippen LogP) is 4.32. The molecular weight excluding hydrogens is 432 g/mol. The standard InChI is InChI=1S/C24H25ClN2O5/c1-4-9-27(13-22(28)26-19-8-6-5-7-15(19)2)23(29)14-31-21-12-20-17(11-18(21)25)16(3)10-24(30)32-20/h5-8,10-12H,4,9,13-14H2,1-3H3,(H,26,28). The van der Waals surface area contributed by atoms with Crippen molar-refractivity contribution in [1.82, 2.24) is 4.90 Å². The van der Waals surface area contributed by atoms with Gasteiger partial charge in [0.2, 0.25) is 5.91 Å². The first-order valence-corrected chi connectivity index (χ1v) is 10.7. The molecule has 0 saturated heterocycles. The van der Waals surface area contributed by atoms with Crippen LogP contribution >= 0.6 is 11.6 Å². The van der Waals surface area contributed by atoms with E-state index in [-0.39, 0.29) is 30.7 Å². The van der Waals surface area contributed by atoms with E-state index in [1.807, 2.05) is 38.1 Å². The zero-order valence-electron chi connectivity index (χ0n) is 18.2. The Kier molecular flexibility index (Phi) is 7.53. The molecule has 2 amide bonds. The zero-order valence-corrected chi connectivity index (χ0v) is 19.0. The molecule has 2 aromatic carbocycles. The minimum absolute atomic E-state index is 0.0934. The van der Waals surface area contributed by atoms with Crippen LogP contribution in [0.1, 0.15) is 24.5 Å². The number of nitrogens with zero attached hydrogens (tertiary/aromatic N) is 1. The van der Waals surface area contributed by atoms with E-state index in [4.69, 9.17) is 20.8 Å². The van der Waals surface area contributed by atoms with Gasteiger partial charge in [-0.25, -0.2) is 4.79 Å². The molecule has 1 heterocycles. The number of amides is 2. The molecule has 0 fully saturated rings. The van der Waals surface area contributed by atoms with Crippen molar-refractivity contribution in [2.75, 3.05) is 25.0 Å². The lowest BCUT2D eigenvalue weighted by molar-refractivity contribution is -0.136. The summed E-state index contributed by atoms with van der Waals surface area (Å²) in [4.78, 5) is 38.3. The van der Waals surface area contributed by atoms with Crippen LogP contribution in [0.15, 0.2) is 51.7 Å². The van der Waals surface area contributed by atoms with Crippen molar-refractivity contribution in [2.45, 2.75) is 27.2 Å². The van der Waals surface area contributed by atoms with Crippen molar-refractivity contribution in [1.29, 1.82) is 0 Å². The summed E-state index contributed by atoms with van der Waals surface area (Å²) >= 11 is 6.29. The number of ether oxygens (including phenoxy) is 1. The Labute approximate surface area is 190 Å². The Morgan fingerprint density at radius 3 is 2.59 bits per heavy atom. The monoisotopic (exact) mass is 456 g/mol. The fraction of sp³-hybridized carbons (Fsp3) is 0.292. The molecule has 0 saturated carbocycles. The summed E-state index contributed by atoms with van der Waals surface area (Å²) in [6, 6.07) is 11.9. The molecule has 1 N–H and O–H groups in total. The number of anilines is 1. The Morgan fingerprint density at radius 1 is 1.12 bits per heavy atom. The highest BCUT2D eigenvalue weighted by Gasteiger charge is 2.19. The number of aryl methyl sites for hydroxylation is 2. The molecule has 0 atom stereocenters. The first-order valence-electron chi connectivity index (χ1n) is 10.3. The van der Waals surface area contributed by atoms with Crippen molar-refractivity contribution < 1.29 is 18.7 Å². The highest BCUT2D eigenvalue weighted by molar-refractivity contribution is 6.32. The van der Waals surface area contributed by atoms with E-state index >= 15 is 0 Å².